The molecule has 0 aliphatic rings. The molecule has 0 radical (unpaired) electrons. The van der Waals surface area contributed by atoms with Crippen LogP contribution in [0, 0.1) is 20.2 Å². The van der Waals surface area contributed by atoms with Crippen molar-refractivity contribution in [2.24, 2.45) is 0 Å². The lowest BCUT2D eigenvalue weighted by Gasteiger charge is -2.04. The lowest BCUT2D eigenvalue weighted by atomic mass is 10.1. The Kier molecular flexibility index (Phi) is 3.58. The van der Waals surface area contributed by atoms with Crippen molar-refractivity contribution in [3.8, 4) is 0 Å². The second kappa shape index (κ2) is 4.59. The molecule has 1 rings (SSSR count). The maximum absolute atomic E-state index is 10.8. The minimum absolute atomic E-state index is 0.303. The fraction of sp³-hybridized carbons (Fsp3) is 0. The SMILES string of the molecule is O=C(O)c1cc(S)c([N+](=O)[O-])c(S)c1[N+](=O)[O-]. The molecule has 0 aromatic heterocycles. The Hall–Kier alpha value is -1.81. The van der Waals surface area contributed by atoms with Crippen LogP contribution in [0.3, 0.4) is 0 Å². The summed E-state index contributed by atoms with van der Waals surface area (Å²) >= 11 is 7.34. The van der Waals surface area contributed by atoms with Gasteiger partial charge < -0.3 is 5.11 Å². The molecule has 1 N–H and O–H groups in total. The van der Waals surface area contributed by atoms with Crippen LogP contribution in [0.4, 0.5) is 11.4 Å². The highest BCUT2D eigenvalue weighted by Gasteiger charge is 2.32. The first kappa shape index (κ1) is 13.3. The first-order valence-corrected chi connectivity index (χ1v) is 4.77. The topological polar surface area (TPSA) is 124 Å². The fourth-order valence-corrected chi connectivity index (χ4v) is 1.98. The van der Waals surface area contributed by atoms with E-state index in [4.69, 9.17) is 5.11 Å². The zero-order valence-electron chi connectivity index (χ0n) is 7.85. The van der Waals surface area contributed by atoms with Crippen molar-refractivity contribution >= 4 is 42.6 Å². The summed E-state index contributed by atoms with van der Waals surface area (Å²) in [7, 11) is 0. The number of rotatable bonds is 3. The molecule has 17 heavy (non-hydrogen) atoms. The molecule has 8 nitrogen and oxygen atoms in total. The van der Waals surface area contributed by atoms with Crippen molar-refractivity contribution in [2.45, 2.75) is 9.79 Å². The maximum Gasteiger partial charge on any atom is 0.342 e. The normalized spacial score (nSPS) is 10.0. The van der Waals surface area contributed by atoms with Crippen LogP contribution in [-0.2, 0) is 0 Å². The Morgan fingerprint density at radius 3 is 2.00 bits per heavy atom. The van der Waals surface area contributed by atoms with Crippen LogP contribution in [-0.4, -0.2) is 20.9 Å². The molecule has 0 amide bonds. The largest absolute Gasteiger partial charge is 0.477 e. The molecule has 0 bridgehead atoms. The lowest BCUT2D eigenvalue weighted by Crippen LogP contribution is -2.06. The van der Waals surface area contributed by atoms with Crippen LogP contribution in [0.1, 0.15) is 10.4 Å². The summed E-state index contributed by atoms with van der Waals surface area (Å²) in [5.41, 5.74) is -2.32. The Labute approximate surface area is 104 Å². The van der Waals surface area contributed by atoms with E-state index in [1.807, 2.05) is 0 Å². The lowest BCUT2D eigenvalue weighted by molar-refractivity contribution is -0.401. The van der Waals surface area contributed by atoms with Gasteiger partial charge in [-0.15, -0.1) is 25.3 Å². The molecule has 0 saturated heterocycles. The third-order valence-corrected chi connectivity index (χ3v) is 2.59. The van der Waals surface area contributed by atoms with E-state index in [9.17, 15) is 25.0 Å². The predicted octanol–water partition coefficient (Wildman–Crippen LogP) is 1.78. The number of aromatic carboxylic acids is 1. The summed E-state index contributed by atoms with van der Waals surface area (Å²) in [5.74, 6) is -1.59. The van der Waals surface area contributed by atoms with E-state index in [0.717, 1.165) is 6.07 Å². The van der Waals surface area contributed by atoms with Crippen LogP contribution in [0.2, 0.25) is 0 Å². The molecule has 0 spiro atoms. The molecule has 0 saturated carbocycles. The average molecular weight is 276 g/mol. The first-order valence-electron chi connectivity index (χ1n) is 3.88. The van der Waals surface area contributed by atoms with Crippen LogP contribution in [0.25, 0.3) is 0 Å². The van der Waals surface area contributed by atoms with E-state index in [1.165, 1.54) is 0 Å². The number of nitrogens with zero attached hydrogens (tertiary/aromatic N) is 2. The molecule has 90 valence electrons. The van der Waals surface area contributed by atoms with E-state index in [1.54, 1.807) is 0 Å². The number of carboxylic acids is 1. The molecule has 0 aliphatic carbocycles. The molecule has 0 aliphatic heterocycles. The maximum atomic E-state index is 10.8. The number of thiol groups is 2. The number of hydrogen-bond acceptors (Lipinski definition) is 7. The highest BCUT2D eigenvalue weighted by Crippen LogP contribution is 2.39. The van der Waals surface area contributed by atoms with Gasteiger partial charge in [0.25, 0.3) is 0 Å². The predicted molar refractivity (Wildman–Crippen MR) is 61.2 cm³/mol. The number of nitro benzene ring substituents is 2. The Bertz CT molecular complexity index is 544. The highest BCUT2D eigenvalue weighted by atomic mass is 32.1. The number of carboxylic acid groups (broad SMARTS) is 1. The molecule has 1 aromatic carbocycles. The van der Waals surface area contributed by atoms with Gasteiger partial charge in [0.1, 0.15) is 5.56 Å². The average Bonchev–Trinajstić information content (AvgIpc) is 2.14. The van der Waals surface area contributed by atoms with Gasteiger partial charge in [0.15, 0.2) is 4.90 Å². The van der Waals surface area contributed by atoms with Crippen molar-refractivity contribution in [3.05, 3.63) is 31.9 Å². The zero-order valence-corrected chi connectivity index (χ0v) is 9.64. The van der Waals surface area contributed by atoms with Crippen molar-refractivity contribution in [1.82, 2.24) is 0 Å². The standard InChI is InChI=1S/C7H4N2O6S2/c10-7(11)2-1-3(16)5(9(14)15)6(17)4(2)8(12)13/h1,16-17H,(H,10,11). The molecule has 0 fully saturated rings. The Morgan fingerprint density at radius 2 is 1.65 bits per heavy atom. The molecular weight excluding hydrogens is 272 g/mol. The van der Waals surface area contributed by atoms with Gasteiger partial charge in [0, 0.05) is 0 Å². The highest BCUT2D eigenvalue weighted by molar-refractivity contribution is 7.81. The summed E-state index contributed by atoms with van der Waals surface area (Å²) < 4.78 is 0. The fourth-order valence-electron chi connectivity index (χ4n) is 1.16. The van der Waals surface area contributed by atoms with Crippen LogP contribution in [0.5, 0.6) is 0 Å². The van der Waals surface area contributed by atoms with Gasteiger partial charge in [-0.2, -0.15) is 0 Å². The van der Waals surface area contributed by atoms with Crippen molar-refractivity contribution in [3.63, 3.8) is 0 Å². The Balaban J connectivity index is 3.76. The van der Waals surface area contributed by atoms with Crippen molar-refractivity contribution in [1.29, 1.82) is 0 Å². The minimum Gasteiger partial charge on any atom is -0.477 e. The minimum atomic E-state index is -1.59. The van der Waals surface area contributed by atoms with E-state index in [-0.39, 0.29) is 4.90 Å². The van der Waals surface area contributed by atoms with Gasteiger partial charge in [0.2, 0.25) is 0 Å². The number of carbonyl (C=O) groups is 1. The number of nitro groups is 2. The van der Waals surface area contributed by atoms with E-state index in [0.29, 0.717) is 0 Å². The van der Waals surface area contributed by atoms with E-state index < -0.39 is 37.6 Å². The van der Waals surface area contributed by atoms with Gasteiger partial charge in [-0.3, -0.25) is 20.2 Å². The monoisotopic (exact) mass is 276 g/mol. The van der Waals surface area contributed by atoms with Gasteiger partial charge >= 0.3 is 17.3 Å². The second-order valence-corrected chi connectivity index (χ2v) is 3.74. The smallest absolute Gasteiger partial charge is 0.342 e. The molecule has 1 aromatic rings. The summed E-state index contributed by atoms with van der Waals surface area (Å²) in [6.45, 7) is 0. The molecular formula is C7H4N2O6S2. The number of hydrogen-bond donors (Lipinski definition) is 3. The third-order valence-electron chi connectivity index (χ3n) is 1.82. The summed E-state index contributed by atoms with van der Waals surface area (Å²) in [4.78, 5) is 29.2. The van der Waals surface area contributed by atoms with E-state index >= 15 is 0 Å². The number of benzene rings is 1. The quantitative estimate of drug-likeness (QED) is 0.439. The van der Waals surface area contributed by atoms with Gasteiger partial charge in [-0.25, -0.2) is 4.79 Å². The zero-order chi connectivity index (χ0) is 13.3. The van der Waals surface area contributed by atoms with Crippen LogP contribution < -0.4 is 0 Å². The van der Waals surface area contributed by atoms with Crippen molar-refractivity contribution in [2.75, 3.05) is 0 Å². The third kappa shape index (κ3) is 2.31. The second-order valence-electron chi connectivity index (χ2n) is 2.81. The molecule has 0 atom stereocenters. The van der Waals surface area contributed by atoms with Crippen LogP contribution in [0.15, 0.2) is 15.9 Å². The van der Waals surface area contributed by atoms with Gasteiger partial charge in [0.05, 0.1) is 14.7 Å². The molecule has 0 unspecified atom stereocenters. The Morgan fingerprint density at radius 1 is 1.18 bits per heavy atom. The van der Waals surface area contributed by atoms with Crippen molar-refractivity contribution < 1.29 is 19.7 Å². The molecule has 10 heteroatoms. The van der Waals surface area contributed by atoms with E-state index in [2.05, 4.69) is 25.3 Å². The summed E-state index contributed by atoms with van der Waals surface area (Å²) in [5, 5.41) is 30.1. The van der Waals surface area contributed by atoms with Gasteiger partial charge in [-0.05, 0) is 6.07 Å². The van der Waals surface area contributed by atoms with Gasteiger partial charge in [-0.1, -0.05) is 0 Å². The van der Waals surface area contributed by atoms with Crippen LogP contribution >= 0.6 is 25.3 Å². The summed E-state index contributed by atoms with van der Waals surface area (Å²) in [6.07, 6.45) is 0. The first-order chi connectivity index (χ1) is 7.77. The molecule has 0 heterocycles. The summed E-state index contributed by atoms with van der Waals surface area (Å²) in [6, 6.07) is 0.751.